The Hall–Kier alpha value is -2.04. The molecule has 1 aliphatic heterocycles. The van der Waals surface area contributed by atoms with Gasteiger partial charge in [0.15, 0.2) is 5.96 Å². The van der Waals surface area contributed by atoms with E-state index in [2.05, 4.69) is 46.7 Å². The van der Waals surface area contributed by atoms with Gasteiger partial charge < -0.3 is 24.8 Å². The van der Waals surface area contributed by atoms with Crippen LogP contribution in [-0.2, 0) is 17.8 Å². The number of nitrogens with one attached hydrogen (secondary N) is 2. The summed E-state index contributed by atoms with van der Waals surface area (Å²) in [6.07, 6.45) is -0.0131. The van der Waals surface area contributed by atoms with Crippen molar-refractivity contribution in [2.24, 2.45) is 4.99 Å². The fourth-order valence-electron chi connectivity index (χ4n) is 3.54. The number of ether oxygens (including phenoxy) is 3. The van der Waals surface area contributed by atoms with Gasteiger partial charge in [-0.15, -0.1) is 24.0 Å². The maximum Gasteiger partial charge on any atom is 0.191 e. The summed E-state index contributed by atoms with van der Waals surface area (Å²) in [6.45, 7) is 10.7. The summed E-state index contributed by atoms with van der Waals surface area (Å²) >= 11 is 0. The van der Waals surface area contributed by atoms with Gasteiger partial charge in [-0.05, 0) is 49.2 Å². The zero-order chi connectivity index (χ0) is 22.6. The molecule has 1 fully saturated rings. The molecule has 0 spiro atoms. The number of morpholine rings is 1. The van der Waals surface area contributed by atoms with Crippen LogP contribution in [0.2, 0.25) is 0 Å². The van der Waals surface area contributed by atoms with Gasteiger partial charge in [0, 0.05) is 26.2 Å². The normalized spacial score (nSPS) is 15.3. The first-order valence-electron chi connectivity index (χ1n) is 11.4. The summed E-state index contributed by atoms with van der Waals surface area (Å²) in [7, 11) is 1.66. The average molecular weight is 569 g/mol. The van der Waals surface area contributed by atoms with Crippen LogP contribution in [0.25, 0.3) is 0 Å². The summed E-state index contributed by atoms with van der Waals surface area (Å²) in [5, 5.41) is 6.72. The third-order valence-corrected chi connectivity index (χ3v) is 5.32. The molecule has 2 N–H and O–H groups in total. The van der Waals surface area contributed by atoms with Crippen molar-refractivity contribution < 1.29 is 14.2 Å². The molecule has 8 heteroatoms. The van der Waals surface area contributed by atoms with Crippen LogP contribution in [-0.4, -0.2) is 63.5 Å². The van der Waals surface area contributed by atoms with Crippen molar-refractivity contribution in [3.63, 3.8) is 0 Å². The highest BCUT2D eigenvalue weighted by Gasteiger charge is 2.13. The van der Waals surface area contributed by atoms with Gasteiger partial charge in [0.05, 0.1) is 33.4 Å². The molecule has 0 radical (unpaired) electrons. The predicted molar refractivity (Wildman–Crippen MR) is 144 cm³/mol. The first-order valence-corrected chi connectivity index (χ1v) is 11.4. The zero-order valence-electron chi connectivity index (χ0n) is 19.9. The molecule has 7 nitrogen and oxygen atoms in total. The molecular weight excluding hydrogens is 531 g/mol. The van der Waals surface area contributed by atoms with Crippen LogP contribution in [0.3, 0.4) is 0 Å². The lowest BCUT2D eigenvalue weighted by atomic mass is 10.1. The maximum absolute atomic E-state index is 5.99. The number of hydrogen-bond donors (Lipinski definition) is 2. The first kappa shape index (κ1) is 27.2. The highest BCUT2D eigenvalue weighted by molar-refractivity contribution is 14.0. The Kier molecular flexibility index (Phi) is 12.3. The Balaban J connectivity index is 0.00000385. The summed E-state index contributed by atoms with van der Waals surface area (Å²) in [6, 6.07) is 16.2. The second kappa shape index (κ2) is 15.0. The SMILES string of the molecule is CCNC(=NCc1ccccc1CN1CCOCC1)NCC(C)Oc1ccc(OC)cc1.I. The van der Waals surface area contributed by atoms with Crippen LogP contribution in [0.4, 0.5) is 0 Å². The van der Waals surface area contributed by atoms with E-state index >= 15 is 0 Å². The smallest absolute Gasteiger partial charge is 0.191 e. The van der Waals surface area contributed by atoms with Crippen molar-refractivity contribution in [2.75, 3.05) is 46.5 Å². The molecule has 2 aromatic carbocycles. The van der Waals surface area contributed by atoms with Crippen molar-refractivity contribution in [2.45, 2.75) is 33.0 Å². The summed E-state index contributed by atoms with van der Waals surface area (Å²) in [5.74, 6) is 2.43. The Labute approximate surface area is 214 Å². The zero-order valence-corrected chi connectivity index (χ0v) is 22.2. The molecule has 3 rings (SSSR count). The van der Waals surface area contributed by atoms with E-state index in [4.69, 9.17) is 19.2 Å². The van der Waals surface area contributed by atoms with Crippen LogP contribution < -0.4 is 20.1 Å². The number of halogens is 1. The minimum absolute atomic E-state index is 0. The van der Waals surface area contributed by atoms with Crippen molar-refractivity contribution in [1.29, 1.82) is 0 Å². The quantitative estimate of drug-likeness (QED) is 0.259. The second-order valence-corrected chi connectivity index (χ2v) is 7.84. The van der Waals surface area contributed by atoms with Gasteiger partial charge in [-0.25, -0.2) is 4.99 Å². The molecule has 0 aliphatic carbocycles. The maximum atomic E-state index is 5.99. The van der Waals surface area contributed by atoms with Crippen LogP contribution in [0.5, 0.6) is 11.5 Å². The minimum Gasteiger partial charge on any atom is -0.497 e. The lowest BCUT2D eigenvalue weighted by Crippen LogP contribution is -2.41. The average Bonchev–Trinajstić information content (AvgIpc) is 2.83. The number of guanidine groups is 1. The molecule has 182 valence electrons. The molecule has 1 saturated heterocycles. The van der Waals surface area contributed by atoms with E-state index in [1.54, 1.807) is 7.11 Å². The Bertz CT molecular complexity index is 842. The largest absolute Gasteiger partial charge is 0.497 e. The van der Waals surface area contributed by atoms with E-state index in [1.807, 2.05) is 31.2 Å². The van der Waals surface area contributed by atoms with Crippen LogP contribution in [0.1, 0.15) is 25.0 Å². The summed E-state index contributed by atoms with van der Waals surface area (Å²) in [4.78, 5) is 7.26. The molecule has 2 aromatic rings. The van der Waals surface area contributed by atoms with E-state index in [1.165, 1.54) is 11.1 Å². The van der Waals surface area contributed by atoms with Crippen molar-refractivity contribution in [3.8, 4) is 11.5 Å². The van der Waals surface area contributed by atoms with Crippen molar-refractivity contribution in [3.05, 3.63) is 59.7 Å². The van der Waals surface area contributed by atoms with Crippen molar-refractivity contribution in [1.82, 2.24) is 15.5 Å². The van der Waals surface area contributed by atoms with Crippen molar-refractivity contribution >= 4 is 29.9 Å². The number of nitrogens with zero attached hydrogens (tertiary/aromatic N) is 2. The molecule has 1 heterocycles. The lowest BCUT2D eigenvalue weighted by Gasteiger charge is -2.27. The van der Waals surface area contributed by atoms with Gasteiger partial charge in [0.1, 0.15) is 17.6 Å². The van der Waals surface area contributed by atoms with E-state index in [0.29, 0.717) is 13.1 Å². The third-order valence-electron chi connectivity index (χ3n) is 5.32. The molecule has 0 bridgehead atoms. The fourth-order valence-corrected chi connectivity index (χ4v) is 3.54. The summed E-state index contributed by atoms with van der Waals surface area (Å²) < 4.78 is 16.7. The third kappa shape index (κ3) is 9.38. The monoisotopic (exact) mass is 568 g/mol. The van der Waals surface area contributed by atoms with E-state index in [-0.39, 0.29) is 30.1 Å². The van der Waals surface area contributed by atoms with Gasteiger partial charge in [-0.3, -0.25) is 4.90 Å². The minimum atomic E-state index is -0.0131. The fraction of sp³-hybridized carbons (Fsp3) is 0.480. The molecule has 33 heavy (non-hydrogen) atoms. The van der Waals surface area contributed by atoms with E-state index in [9.17, 15) is 0 Å². The second-order valence-electron chi connectivity index (χ2n) is 7.84. The first-order chi connectivity index (χ1) is 15.7. The number of rotatable bonds is 10. The van der Waals surface area contributed by atoms with Gasteiger partial charge in [0.2, 0.25) is 0 Å². The lowest BCUT2D eigenvalue weighted by molar-refractivity contribution is 0.0341. The van der Waals surface area contributed by atoms with Gasteiger partial charge in [0.25, 0.3) is 0 Å². The Morgan fingerprint density at radius 3 is 2.36 bits per heavy atom. The van der Waals surface area contributed by atoms with Crippen LogP contribution >= 0.6 is 24.0 Å². The standard InChI is InChI=1S/C25H36N4O3.HI/c1-4-26-25(27-17-20(2)32-24-11-9-23(30-3)10-12-24)28-18-21-7-5-6-8-22(21)19-29-13-15-31-16-14-29;/h5-12,20H,4,13-19H2,1-3H3,(H2,26,27,28);1H. The molecule has 1 aliphatic rings. The summed E-state index contributed by atoms with van der Waals surface area (Å²) in [5.41, 5.74) is 2.57. The number of aliphatic imine (C=N–C) groups is 1. The molecule has 0 aromatic heterocycles. The highest BCUT2D eigenvalue weighted by atomic mass is 127. The predicted octanol–water partition coefficient (Wildman–Crippen LogP) is 3.67. The van der Waals surface area contributed by atoms with Gasteiger partial charge in [-0.1, -0.05) is 24.3 Å². The number of methoxy groups -OCH3 is 1. The molecule has 0 saturated carbocycles. The molecule has 1 atom stereocenters. The Morgan fingerprint density at radius 1 is 1.03 bits per heavy atom. The molecule has 1 unspecified atom stereocenters. The highest BCUT2D eigenvalue weighted by Crippen LogP contribution is 2.18. The van der Waals surface area contributed by atoms with Gasteiger partial charge >= 0.3 is 0 Å². The van der Waals surface area contributed by atoms with E-state index in [0.717, 1.165) is 56.9 Å². The molecule has 0 amide bonds. The topological polar surface area (TPSA) is 67.4 Å². The van der Waals surface area contributed by atoms with E-state index < -0.39 is 0 Å². The van der Waals surface area contributed by atoms with Crippen LogP contribution in [0, 0.1) is 0 Å². The van der Waals surface area contributed by atoms with Crippen LogP contribution in [0.15, 0.2) is 53.5 Å². The van der Waals surface area contributed by atoms with Gasteiger partial charge in [-0.2, -0.15) is 0 Å². The molecular formula is C25H37IN4O3. The Morgan fingerprint density at radius 2 is 1.70 bits per heavy atom. The number of hydrogen-bond acceptors (Lipinski definition) is 5. The number of benzene rings is 2.